The number of aliphatic hydroxyl groups is 3. The lowest BCUT2D eigenvalue weighted by molar-refractivity contribution is -0.302. The highest BCUT2D eigenvalue weighted by Crippen LogP contribution is 2.39. The number of esters is 1. The van der Waals surface area contributed by atoms with E-state index in [9.17, 15) is 34.5 Å². The summed E-state index contributed by atoms with van der Waals surface area (Å²) in [4.78, 5) is 58.5. The summed E-state index contributed by atoms with van der Waals surface area (Å²) in [5, 5.41) is 35.0. The predicted molar refractivity (Wildman–Crippen MR) is 253 cm³/mol. The molecule has 15 atom stereocenters. The highest BCUT2D eigenvalue weighted by atomic mass is 16.7. The van der Waals surface area contributed by atoms with Crippen LogP contribution in [0.15, 0.2) is 41.5 Å². The highest BCUT2D eigenvalue weighted by molar-refractivity contribution is 6.39. The number of carbonyl (C=O) groups is 4. The van der Waals surface area contributed by atoms with Gasteiger partial charge in [0.2, 0.25) is 5.79 Å². The van der Waals surface area contributed by atoms with Gasteiger partial charge in [0.1, 0.15) is 30.1 Å². The minimum Gasteiger partial charge on any atom is -0.456 e. The van der Waals surface area contributed by atoms with E-state index in [4.69, 9.17) is 28.4 Å². The van der Waals surface area contributed by atoms with Crippen molar-refractivity contribution in [3.63, 3.8) is 0 Å². The molecular weight excluding hydrogens is 859 g/mol. The van der Waals surface area contributed by atoms with Crippen LogP contribution in [0.4, 0.5) is 0 Å². The van der Waals surface area contributed by atoms with Crippen molar-refractivity contribution in [3.05, 3.63) is 58.2 Å². The van der Waals surface area contributed by atoms with Gasteiger partial charge in [0, 0.05) is 52.0 Å². The van der Waals surface area contributed by atoms with Crippen LogP contribution in [0.25, 0.3) is 0 Å². The van der Waals surface area contributed by atoms with Crippen LogP contribution in [0.2, 0.25) is 0 Å². The Bertz CT molecular complexity index is 1900. The van der Waals surface area contributed by atoms with Crippen LogP contribution in [0.5, 0.6) is 0 Å². The van der Waals surface area contributed by atoms with Gasteiger partial charge in [-0.2, -0.15) is 0 Å². The number of nitrogens with zero attached hydrogens (tertiary/aromatic N) is 1. The van der Waals surface area contributed by atoms with Gasteiger partial charge in [-0.15, -0.1) is 0 Å². The van der Waals surface area contributed by atoms with E-state index in [1.165, 1.54) is 19.1 Å². The standard InChI is InChI=1S/C53H81NO13/c1-12-38-21-30(2)20-33(5)24-46(63-10)49-47(64-11)26-35(7)53(61,67-49)50(58)51(59)54-18-14-13-15-40(54)52(60)66-48(36(8)41(55)28-42(38)56)34(6)25-37-16-17-44(45(27-37)62-9)65-29-43(57)39-22-31(3)19-32(4)23-39/h19,21-23,25,33,35-38,40-41,43-49,55,57,61H,12-18,20,24,26-29H2,1-11H3/b30-21+,34-25+/t33-,35+,36+,37-,38+,40-,41-,43-,44+,45+,46?,47-,48+,49+,53+/m0/s1. The average Bonchev–Trinajstić information content (AvgIpc) is 3.30. The number of cyclic esters (lactones) is 1. The number of carbonyl (C=O) groups excluding carboxylic acids is 4. The van der Waals surface area contributed by atoms with E-state index in [-0.39, 0.29) is 62.2 Å². The summed E-state index contributed by atoms with van der Waals surface area (Å²) in [6.45, 7) is 15.4. The quantitative estimate of drug-likeness (QED) is 0.126. The Morgan fingerprint density at radius 2 is 1.54 bits per heavy atom. The number of benzene rings is 1. The zero-order valence-electron chi connectivity index (χ0n) is 42.0. The lowest BCUT2D eigenvalue weighted by atomic mass is 9.81. The third kappa shape index (κ3) is 13.5. The van der Waals surface area contributed by atoms with Gasteiger partial charge < -0.3 is 48.6 Å². The monoisotopic (exact) mass is 940 g/mol. The number of allylic oxidation sites excluding steroid dienone is 3. The van der Waals surface area contributed by atoms with Gasteiger partial charge >= 0.3 is 5.97 Å². The molecule has 0 spiro atoms. The van der Waals surface area contributed by atoms with Crippen LogP contribution in [0, 0.1) is 43.4 Å². The number of hydrogen-bond donors (Lipinski definition) is 3. The molecule has 1 aromatic carbocycles. The van der Waals surface area contributed by atoms with Gasteiger partial charge in [-0.25, -0.2) is 4.79 Å². The van der Waals surface area contributed by atoms with E-state index in [2.05, 4.69) is 13.0 Å². The molecule has 376 valence electrons. The second-order valence-corrected chi connectivity index (χ2v) is 20.4. The van der Waals surface area contributed by atoms with Gasteiger partial charge in [-0.05, 0) is 115 Å². The Morgan fingerprint density at radius 1 is 0.881 bits per heavy atom. The van der Waals surface area contributed by atoms with Gasteiger partial charge in [0.25, 0.3) is 11.7 Å². The minimum absolute atomic E-state index is 0.0215. The van der Waals surface area contributed by atoms with E-state index >= 15 is 0 Å². The number of rotatable bonds is 10. The fraction of sp³-hybridized carbons (Fsp3) is 0.736. The number of ether oxygens (including phenoxy) is 6. The molecule has 2 bridgehead atoms. The Labute approximate surface area is 399 Å². The molecule has 4 aliphatic rings. The SMILES string of the molecule is CC[C@@H]1/C=C(\C)C[C@H](C)CC(OC)[C@H]2O[C@@](O)(C(=O)C(=O)N3CCCC[C@H]3C(=O)O[C@H](/C(C)=C/[C@@H]3CC[C@@H](OC[C@H](O)c4cc(C)cc(C)c4)[C@H](OC)C3)[C@H](C)[C@@H](O)CC1=O)[C@H](C)C[C@@H]2OC. The zero-order valence-corrected chi connectivity index (χ0v) is 42.0. The number of Topliss-reactive ketones (excluding diaryl/α,β-unsaturated/α-hetero) is 2. The smallest absolute Gasteiger partial charge is 0.329 e. The number of fused-ring (bicyclic) bond motifs is 3. The summed E-state index contributed by atoms with van der Waals surface area (Å²) in [7, 11) is 4.71. The highest BCUT2D eigenvalue weighted by Gasteiger charge is 2.56. The molecule has 1 unspecified atom stereocenters. The molecule has 3 heterocycles. The number of amides is 1. The van der Waals surface area contributed by atoms with Crippen molar-refractivity contribution in [2.75, 3.05) is 34.5 Å². The van der Waals surface area contributed by atoms with Crippen molar-refractivity contribution in [2.45, 2.75) is 187 Å². The second-order valence-electron chi connectivity index (χ2n) is 20.4. The maximum Gasteiger partial charge on any atom is 0.329 e. The van der Waals surface area contributed by atoms with Crippen molar-refractivity contribution < 1.29 is 62.9 Å². The normalized spacial score (nSPS) is 37.2. The zero-order chi connectivity index (χ0) is 49.3. The second kappa shape index (κ2) is 24.5. The fourth-order valence-corrected chi connectivity index (χ4v) is 11.1. The number of methoxy groups -OCH3 is 3. The first kappa shape index (κ1) is 54.6. The van der Waals surface area contributed by atoms with Crippen LogP contribution in [-0.2, 0) is 47.6 Å². The molecule has 1 aliphatic carbocycles. The molecule has 1 aromatic rings. The van der Waals surface area contributed by atoms with Crippen LogP contribution in [-0.4, -0.2) is 133 Å². The van der Waals surface area contributed by atoms with Crippen LogP contribution >= 0.6 is 0 Å². The van der Waals surface area contributed by atoms with E-state index in [0.717, 1.165) is 22.3 Å². The summed E-state index contributed by atoms with van der Waals surface area (Å²) < 4.78 is 36.7. The van der Waals surface area contributed by atoms with Crippen molar-refractivity contribution in [1.82, 2.24) is 4.90 Å². The van der Waals surface area contributed by atoms with Gasteiger partial charge in [0.05, 0.1) is 37.1 Å². The van der Waals surface area contributed by atoms with Gasteiger partial charge in [-0.1, -0.05) is 74.7 Å². The Balaban J connectivity index is 1.45. The maximum absolute atomic E-state index is 14.5. The molecule has 14 nitrogen and oxygen atoms in total. The summed E-state index contributed by atoms with van der Waals surface area (Å²) >= 11 is 0. The summed E-state index contributed by atoms with van der Waals surface area (Å²) in [5.41, 5.74) is 4.59. The number of aliphatic hydroxyl groups excluding tert-OH is 2. The molecule has 0 aromatic heterocycles. The first-order chi connectivity index (χ1) is 31.7. The topological polar surface area (TPSA) is 188 Å². The number of piperidine rings is 1. The van der Waals surface area contributed by atoms with E-state index in [1.807, 2.05) is 58.9 Å². The van der Waals surface area contributed by atoms with Crippen LogP contribution < -0.4 is 0 Å². The molecule has 67 heavy (non-hydrogen) atoms. The van der Waals surface area contributed by atoms with Crippen LogP contribution in [0.1, 0.15) is 135 Å². The molecule has 14 heteroatoms. The van der Waals surface area contributed by atoms with E-state index < -0.39 is 83.9 Å². The molecular formula is C53H81NO13. The van der Waals surface area contributed by atoms with Gasteiger partial charge in [0.15, 0.2) is 0 Å². The van der Waals surface area contributed by atoms with Gasteiger partial charge in [-0.3, -0.25) is 14.4 Å². The fourth-order valence-electron chi connectivity index (χ4n) is 11.1. The number of ketones is 2. The van der Waals surface area contributed by atoms with E-state index in [1.54, 1.807) is 21.0 Å². The van der Waals surface area contributed by atoms with E-state index in [0.29, 0.717) is 56.9 Å². The Kier molecular flexibility index (Phi) is 19.9. The Morgan fingerprint density at radius 3 is 2.18 bits per heavy atom. The van der Waals surface area contributed by atoms with Crippen molar-refractivity contribution in [2.24, 2.45) is 29.6 Å². The maximum atomic E-state index is 14.5. The lowest BCUT2D eigenvalue weighted by Crippen LogP contribution is -2.64. The van der Waals surface area contributed by atoms with Crippen molar-refractivity contribution in [1.29, 1.82) is 0 Å². The first-order valence-corrected chi connectivity index (χ1v) is 24.7. The number of hydrogen-bond acceptors (Lipinski definition) is 13. The summed E-state index contributed by atoms with van der Waals surface area (Å²) in [6.07, 6.45) is 3.38. The van der Waals surface area contributed by atoms with Crippen molar-refractivity contribution in [3.8, 4) is 0 Å². The average molecular weight is 940 g/mol. The largest absolute Gasteiger partial charge is 0.456 e. The molecule has 1 amide bonds. The number of aryl methyl sites for hydroxylation is 2. The first-order valence-electron chi connectivity index (χ1n) is 24.7. The molecule has 3 aliphatic heterocycles. The summed E-state index contributed by atoms with van der Waals surface area (Å²) in [6, 6.07) is 4.83. The molecule has 2 saturated heterocycles. The summed E-state index contributed by atoms with van der Waals surface area (Å²) in [5.74, 6) is -7.62. The molecule has 5 rings (SSSR count). The van der Waals surface area contributed by atoms with Crippen molar-refractivity contribution >= 4 is 23.4 Å². The lowest BCUT2D eigenvalue weighted by Gasteiger charge is -2.47. The molecule has 0 radical (unpaired) electrons. The molecule has 3 N–H and O–H groups in total. The molecule has 1 saturated carbocycles. The Hall–Kier alpha value is -3.34. The third-order valence-electron chi connectivity index (χ3n) is 15.0. The third-order valence-corrected chi connectivity index (χ3v) is 15.0. The molecule has 3 fully saturated rings. The van der Waals surface area contributed by atoms with Crippen LogP contribution in [0.3, 0.4) is 0 Å². The minimum atomic E-state index is -2.52. The predicted octanol–water partition coefficient (Wildman–Crippen LogP) is 6.85.